The highest BCUT2D eigenvalue weighted by Crippen LogP contribution is 2.19. The van der Waals surface area contributed by atoms with E-state index in [1.54, 1.807) is 0 Å². The number of sulfonamides is 1. The van der Waals surface area contributed by atoms with Crippen LogP contribution in [0, 0.1) is 5.92 Å². The largest absolute Gasteiger partial charge is 0.394 e. The number of ether oxygens (including phenoxy) is 1. The number of nitrogens with one attached hydrogen (secondary N) is 1. The van der Waals surface area contributed by atoms with Gasteiger partial charge < -0.3 is 15.2 Å². The number of carbonyl (C=O) groups excluding carboxylic acids is 1. The molecule has 0 aliphatic carbocycles. The van der Waals surface area contributed by atoms with Crippen molar-refractivity contribution in [1.29, 1.82) is 0 Å². The maximum atomic E-state index is 12.0. The van der Waals surface area contributed by atoms with Crippen LogP contribution in [-0.4, -0.2) is 69.4 Å². The zero-order chi connectivity index (χ0) is 14.5. The predicted molar refractivity (Wildman–Crippen MR) is 70.0 cm³/mol. The van der Waals surface area contributed by atoms with E-state index in [-0.39, 0.29) is 25.0 Å². The van der Waals surface area contributed by atoms with Crippen molar-refractivity contribution in [2.75, 3.05) is 39.7 Å². The first-order chi connectivity index (χ1) is 8.88. The van der Waals surface area contributed by atoms with E-state index < -0.39 is 16.1 Å². The number of aliphatic hydroxyl groups is 1. The van der Waals surface area contributed by atoms with Crippen molar-refractivity contribution in [3.8, 4) is 0 Å². The molecule has 1 heterocycles. The van der Waals surface area contributed by atoms with Crippen molar-refractivity contribution in [2.45, 2.75) is 18.9 Å². The number of piperidine rings is 1. The Kier molecular flexibility index (Phi) is 6.18. The van der Waals surface area contributed by atoms with Crippen LogP contribution in [0.4, 0.5) is 0 Å². The van der Waals surface area contributed by atoms with Gasteiger partial charge in [-0.25, -0.2) is 12.7 Å². The third-order valence-corrected chi connectivity index (χ3v) is 4.53. The molecular formula is C11H22N2O5S. The summed E-state index contributed by atoms with van der Waals surface area (Å²) in [7, 11) is -1.67. The van der Waals surface area contributed by atoms with E-state index in [9.17, 15) is 13.2 Å². The fourth-order valence-corrected chi connectivity index (χ4v) is 2.98. The summed E-state index contributed by atoms with van der Waals surface area (Å²) < 4.78 is 29.0. The maximum Gasteiger partial charge on any atom is 0.223 e. The summed E-state index contributed by atoms with van der Waals surface area (Å²) in [4.78, 5) is 12.0. The van der Waals surface area contributed by atoms with Crippen molar-refractivity contribution in [3.63, 3.8) is 0 Å². The van der Waals surface area contributed by atoms with Gasteiger partial charge in [0.25, 0.3) is 0 Å². The smallest absolute Gasteiger partial charge is 0.223 e. The first kappa shape index (κ1) is 16.4. The molecule has 2 N–H and O–H groups in total. The lowest BCUT2D eigenvalue weighted by atomic mass is 9.97. The maximum absolute atomic E-state index is 12.0. The number of carbonyl (C=O) groups is 1. The molecule has 0 radical (unpaired) electrons. The normalized spacial score (nSPS) is 20.2. The molecule has 0 spiro atoms. The van der Waals surface area contributed by atoms with Gasteiger partial charge in [-0.05, 0) is 12.8 Å². The van der Waals surface area contributed by atoms with Gasteiger partial charge in [0.2, 0.25) is 15.9 Å². The van der Waals surface area contributed by atoms with Crippen LogP contribution in [-0.2, 0) is 19.6 Å². The van der Waals surface area contributed by atoms with Crippen LogP contribution in [0.1, 0.15) is 12.8 Å². The molecule has 1 aliphatic heterocycles. The fraction of sp³-hybridized carbons (Fsp3) is 0.909. The second kappa shape index (κ2) is 7.18. The molecule has 0 bridgehead atoms. The average Bonchev–Trinajstić information content (AvgIpc) is 2.37. The molecule has 1 saturated heterocycles. The number of rotatable bonds is 6. The van der Waals surface area contributed by atoms with Crippen LogP contribution in [0.2, 0.25) is 0 Å². The second-order valence-electron chi connectivity index (χ2n) is 4.78. The topological polar surface area (TPSA) is 95.9 Å². The summed E-state index contributed by atoms with van der Waals surface area (Å²) >= 11 is 0. The van der Waals surface area contributed by atoms with Gasteiger partial charge in [0.15, 0.2) is 0 Å². The van der Waals surface area contributed by atoms with Gasteiger partial charge in [0, 0.05) is 26.1 Å². The SMILES string of the molecule is COCC(CO)NC(=O)C1CCN(S(C)(=O)=O)CC1. The van der Waals surface area contributed by atoms with E-state index in [2.05, 4.69) is 5.32 Å². The summed E-state index contributed by atoms with van der Waals surface area (Å²) in [6.07, 6.45) is 2.18. The molecule has 1 rings (SSSR count). The number of hydrogen-bond donors (Lipinski definition) is 2. The van der Waals surface area contributed by atoms with Crippen molar-refractivity contribution >= 4 is 15.9 Å². The minimum absolute atomic E-state index is 0.149. The van der Waals surface area contributed by atoms with Crippen LogP contribution in [0.25, 0.3) is 0 Å². The fourth-order valence-electron chi connectivity index (χ4n) is 2.11. The van der Waals surface area contributed by atoms with Gasteiger partial charge in [0.1, 0.15) is 0 Å². The second-order valence-corrected chi connectivity index (χ2v) is 6.76. The van der Waals surface area contributed by atoms with Gasteiger partial charge in [-0.1, -0.05) is 0 Å². The Morgan fingerprint density at radius 3 is 2.47 bits per heavy atom. The van der Waals surface area contributed by atoms with E-state index in [0.717, 1.165) is 0 Å². The Hall–Kier alpha value is -0.700. The average molecular weight is 294 g/mol. The molecule has 1 atom stereocenters. The summed E-state index contributed by atoms with van der Waals surface area (Å²) in [5.41, 5.74) is 0. The summed E-state index contributed by atoms with van der Waals surface area (Å²) in [6.45, 7) is 0.808. The van der Waals surface area contributed by atoms with Crippen molar-refractivity contribution in [1.82, 2.24) is 9.62 Å². The Morgan fingerprint density at radius 1 is 1.47 bits per heavy atom. The molecule has 1 amide bonds. The number of methoxy groups -OCH3 is 1. The molecule has 0 aromatic carbocycles. The minimum atomic E-state index is -3.17. The molecule has 1 fully saturated rings. The van der Waals surface area contributed by atoms with E-state index in [4.69, 9.17) is 9.84 Å². The van der Waals surface area contributed by atoms with Gasteiger partial charge in [-0.3, -0.25) is 4.79 Å². The molecule has 1 aliphatic rings. The van der Waals surface area contributed by atoms with Crippen LogP contribution in [0.15, 0.2) is 0 Å². The molecule has 0 aromatic heterocycles. The number of aliphatic hydroxyl groups excluding tert-OH is 1. The third kappa shape index (κ3) is 5.06. The first-order valence-corrected chi connectivity index (χ1v) is 8.08. The standard InChI is InChI=1S/C11H22N2O5S/c1-18-8-10(7-14)12-11(15)9-3-5-13(6-4-9)19(2,16)17/h9-10,14H,3-8H2,1-2H3,(H,12,15). The minimum Gasteiger partial charge on any atom is -0.394 e. The van der Waals surface area contributed by atoms with Crippen LogP contribution in [0.3, 0.4) is 0 Å². The van der Waals surface area contributed by atoms with Gasteiger partial charge >= 0.3 is 0 Å². The predicted octanol–water partition coefficient (Wildman–Crippen LogP) is -1.22. The summed E-state index contributed by atoms with van der Waals surface area (Å²) in [6, 6.07) is -0.412. The van der Waals surface area contributed by atoms with E-state index in [0.29, 0.717) is 25.9 Å². The van der Waals surface area contributed by atoms with E-state index in [1.165, 1.54) is 17.7 Å². The molecule has 19 heavy (non-hydrogen) atoms. The molecule has 112 valence electrons. The van der Waals surface area contributed by atoms with Crippen LogP contribution >= 0.6 is 0 Å². The Bertz CT molecular complexity index is 390. The molecule has 0 aromatic rings. The Balaban J connectivity index is 2.44. The highest BCUT2D eigenvalue weighted by Gasteiger charge is 2.29. The van der Waals surface area contributed by atoms with Gasteiger partial charge in [-0.2, -0.15) is 0 Å². The molecule has 8 heteroatoms. The quantitative estimate of drug-likeness (QED) is 0.640. The molecule has 1 unspecified atom stereocenters. The van der Waals surface area contributed by atoms with Gasteiger partial charge in [0.05, 0.1) is 25.5 Å². The zero-order valence-corrected chi connectivity index (χ0v) is 12.1. The highest BCUT2D eigenvalue weighted by molar-refractivity contribution is 7.88. The molecule has 7 nitrogen and oxygen atoms in total. The third-order valence-electron chi connectivity index (χ3n) is 3.23. The molecular weight excluding hydrogens is 272 g/mol. The number of hydrogen-bond acceptors (Lipinski definition) is 5. The Morgan fingerprint density at radius 2 is 2.05 bits per heavy atom. The van der Waals surface area contributed by atoms with E-state index in [1.807, 2.05) is 0 Å². The van der Waals surface area contributed by atoms with Crippen molar-refractivity contribution in [3.05, 3.63) is 0 Å². The summed E-state index contributed by atoms with van der Waals surface area (Å²) in [5.74, 6) is -0.354. The monoisotopic (exact) mass is 294 g/mol. The Labute approximate surface area is 114 Å². The lowest BCUT2D eigenvalue weighted by Crippen LogP contribution is -2.47. The number of nitrogens with zero attached hydrogens (tertiary/aromatic N) is 1. The lowest BCUT2D eigenvalue weighted by molar-refractivity contribution is -0.127. The van der Waals surface area contributed by atoms with E-state index >= 15 is 0 Å². The van der Waals surface area contributed by atoms with Crippen LogP contribution in [0.5, 0.6) is 0 Å². The number of amides is 1. The zero-order valence-electron chi connectivity index (χ0n) is 11.3. The van der Waals surface area contributed by atoms with Crippen molar-refractivity contribution < 1.29 is 23.1 Å². The summed E-state index contributed by atoms with van der Waals surface area (Å²) in [5, 5.41) is 11.8. The van der Waals surface area contributed by atoms with Gasteiger partial charge in [-0.15, -0.1) is 0 Å². The first-order valence-electron chi connectivity index (χ1n) is 6.23. The van der Waals surface area contributed by atoms with Crippen molar-refractivity contribution in [2.24, 2.45) is 5.92 Å². The van der Waals surface area contributed by atoms with Crippen LogP contribution < -0.4 is 5.32 Å². The molecule has 0 saturated carbocycles. The lowest BCUT2D eigenvalue weighted by Gasteiger charge is -2.30. The highest BCUT2D eigenvalue weighted by atomic mass is 32.2.